The smallest absolute Gasteiger partial charge is 0.129 e. The Balaban J connectivity index is 2.09. The lowest BCUT2D eigenvalue weighted by Crippen LogP contribution is -2.29. The third-order valence-corrected chi connectivity index (χ3v) is 3.24. The van der Waals surface area contributed by atoms with E-state index in [0.29, 0.717) is 0 Å². The summed E-state index contributed by atoms with van der Waals surface area (Å²) in [6, 6.07) is 4.05. The number of rotatable bonds is 1. The largest absolute Gasteiger partial charge is 0.355 e. The highest BCUT2D eigenvalue weighted by Crippen LogP contribution is 2.18. The fourth-order valence-electron chi connectivity index (χ4n) is 1.84. The number of likely N-dealkylation sites (N-methyl/N-ethyl adjacent to an activating group) is 1. The summed E-state index contributed by atoms with van der Waals surface area (Å²) in [4.78, 5) is 9.14. The Morgan fingerprint density at radius 1 is 1.27 bits per heavy atom. The molecule has 0 bridgehead atoms. The van der Waals surface area contributed by atoms with E-state index < -0.39 is 0 Å². The lowest BCUT2D eigenvalue weighted by Gasteiger charge is -2.21. The predicted molar refractivity (Wildman–Crippen MR) is 66.3 cm³/mol. The van der Waals surface area contributed by atoms with Crippen LogP contribution >= 0.6 is 15.9 Å². The van der Waals surface area contributed by atoms with Crippen molar-refractivity contribution in [2.75, 3.05) is 38.1 Å². The van der Waals surface area contributed by atoms with E-state index in [9.17, 15) is 0 Å². The Kier molecular flexibility index (Phi) is 3.59. The minimum Gasteiger partial charge on any atom is -0.355 e. The quantitative estimate of drug-likeness (QED) is 0.778. The van der Waals surface area contributed by atoms with Crippen molar-refractivity contribution in [3.8, 4) is 0 Å². The van der Waals surface area contributed by atoms with E-state index in [2.05, 4.69) is 43.8 Å². The van der Waals surface area contributed by atoms with Gasteiger partial charge in [0.15, 0.2) is 0 Å². The van der Waals surface area contributed by atoms with Crippen LogP contribution in [0.2, 0.25) is 0 Å². The summed E-state index contributed by atoms with van der Waals surface area (Å²) in [7, 11) is 2.18. The van der Waals surface area contributed by atoms with Crippen molar-refractivity contribution in [3.05, 3.63) is 22.8 Å². The Morgan fingerprint density at radius 2 is 2.13 bits per heavy atom. The Bertz CT molecular complexity index is 329. The minimum atomic E-state index is 1.07. The highest BCUT2D eigenvalue weighted by Gasteiger charge is 2.13. The van der Waals surface area contributed by atoms with Gasteiger partial charge in [0.05, 0.1) is 0 Å². The van der Waals surface area contributed by atoms with Gasteiger partial charge < -0.3 is 9.80 Å². The summed E-state index contributed by atoms with van der Waals surface area (Å²) in [6.45, 7) is 4.48. The van der Waals surface area contributed by atoms with Crippen molar-refractivity contribution >= 4 is 21.7 Å². The number of hydrogen-bond acceptors (Lipinski definition) is 3. The molecule has 0 unspecified atom stereocenters. The van der Waals surface area contributed by atoms with Crippen LogP contribution in [0.4, 0.5) is 5.82 Å². The summed E-state index contributed by atoms with van der Waals surface area (Å²) < 4.78 is 1.10. The molecule has 15 heavy (non-hydrogen) atoms. The van der Waals surface area contributed by atoms with Crippen LogP contribution in [0.1, 0.15) is 6.42 Å². The average Bonchev–Trinajstić information content (AvgIpc) is 2.43. The van der Waals surface area contributed by atoms with Crippen LogP contribution in [0, 0.1) is 0 Å². The second-order valence-electron chi connectivity index (χ2n) is 3.98. The SMILES string of the molecule is CN1CCCN(c2cc(Br)ccn2)CC1. The molecule has 1 aromatic rings. The van der Waals surface area contributed by atoms with Gasteiger partial charge in [0.25, 0.3) is 0 Å². The van der Waals surface area contributed by atoms with E-state index in [0.717, 1.165) is 29.9 Å². The average molecular weight is 270 g/mol. The van der Waals surface area contributed by atoms with Crippen molar-refractivity contribution in [2.24, 2.45) is 0 Å². The van der Waals surface area contributed by atoms with Gasteiger partial charge in [-0.05, 0) is 32.1 Å². The van der Waals surface area contributed by atoms with Crippen molar-refractivity contribution in [2.45, 2.75) is 6.42 Å². The molecule has 1 aliphatic rings. The highest BCUT2D eigenvalue weighted by atomic mass is 79.9. The molecule has 1 aliphatic heterocycles. The highest BCUT2D eigenvalue weighted by molar-refractivity contribution is 9.10. The number of halogens is 1. The second-order valence-corrected chi connectivity index (χ2v) is 4.89. The van der Waals surface area contributed by atoms with Gasteiger partial charge in [-0.25, -0.2) is 4.98 Å². The molecule has 82 valence electrons. The molecule has 4 heteroatoms. The zero-order valence-electron chi connectivity index (χ0n) is 8.99. The Morgan fingerprint density at radius 3 is 2.93 bits per heavy atom. The first-order valence-electron chi connectivity index (χ1n) is 5.31. The minimum absolute atomic E-state index is 1.07. The zero-order valence-corrected chi connectivity index (χ0v) is 10.6. The maximum Gasteiger partial charge on any atom is 0.129 e. The van der Waals surface area contributed by atoms with Crippen LogP contribution in [0.15, 0.2) is 22.8 Å². The molecular formula is C11H16BrN3. The number of pyridine rings is 1. The molecule has 0 N–H and O–H groups in total. The molecule has 0 saturated carbocycles. The van der Waals surface area contributed by atoms with E-state index in [1.807, 2.05) is 12.3 Å². The molecule has 1 fully saturated rings. The van der Waals surface area contributed by atoms with Crippen LogP contribution in [0.5, 0.6) is 0 Å². The summed E-state index contributed by atoms with van der Waals surface area (Å²) in [6.07, 6.45) is 3.07. The van der Waals surface area contributed by atoms with E-state index >= 15 is 0 Å². The molecule has 1 saturated heterocycles. The monoisotopic (exact) mass is 269 g/mol. The normalized spacial score (nSPS) is 18.9. The van der Waals surface area contributed by atoms with Gasteiger partial charge in [-0.3, -0.25) is 0 Å². The molecule has 0 radical (unpaired) electrons. The number of hydrogen-bond donors (Lipinski definition) is 0. The van der Waals surface area contributed by atoms with Gasteiger partial charge in [-0.1, -0.05) is 15.9 Å². The molecule has 2 rings (SSSR count). The van der Waals surface area contributed by atoms with Crippen LogP contribution < -0.4 is 4.90 Å². The van der Waals surface area contributed by atoms with Crippen molar-refractivity contribution in [1.82, 2.24) is 9.88 Å². The molecule has 0 aliphatic carbocycles. The third kappa shape index (κ3) is 2.92. The van der Waals surface area contributed by atoms with Gasteiger partial charge in [0.2, 0.25) is 0 Å². The Hall–Kier alpha value is -0.610. The van der Waals surface area contributed by atoms with Gasteiger partial charge in [0, 0.05) is 30.3 Å². The van der Waals surface area contributed by atoms with Crippen LogP contribution in [-0.2, 0) is 0 Å². The summed E-state index contributed by atoms with van der Waals surface area (Å²) >= 11 is 3.48. The molecule has 1 aromatic heterocycles. The summed E-state index contributed by atoms with van der Waals surface area (Å²) in [5.41, 5.74) is 0. The zero-order chi connectivity index (χ0) is 10.7. The number of anilines is 1. The lowest BCUT2D eigenvalue weighted by molar-refractivity contribution is 0.360. The first-order chi connectivity index (χ1) is 7.25. The van der Waals surface area contributed by atoms with Crippen LogP contribution in [0.3, 0.4) is 0 Å². The lowest BCUT2D eigenvalue weighted by atomic mass is 10.3. The molecule has 3 nitrogen and oxygen atoms in total. The van der Waals surface area contributed by atoms with Crippen LogP contribution in [0.25, 0.3) is 0 Å². The first-order valence-corrected chi connectivity index (χ1v) is 6.10. The maximum atomic E-state index is 4.41. The second kappa shape index (κ2) is 4.94. The van der Waals surface area contributed by atoms with E-state index in [-0.39, 0.29) is 0 Å². The van der Waals surface area contributed by atoms with E-state index in [1.54, 1.807) is 0 Å². The van der Waals surface area contributed by atoms with E-state index in [1.165, 1.54) is 13.0 Å². The van der Waals surface area contributed by atoms with Gasteiger partial charge >= 0.3 is 0 Å². The van der Waals surface area contributed by atoms with Crippen molar-refractivity contribution < 1.29 is 0 Å². The van der Waals surface area contributed by atoms with Crippen molar-refractivity contribution in [3.63, 3.8) is 0 Å². The summed E-state index contributed by atoms with van der Waals surface area (Å²) in [5, 5.41) is 0. The number of aromatic nitrogens is 1. The number of nitrogens with zero attached hydrogens (tertiary/aromatic N) is 3. The van der Waals surface area contributed by atoms with Crippen molar-refractivity contribution in [1.29, 1.82) is 0 Å². The standard InChI is InChI=1S/C11H16BrN3/c1-14-5-2-6-15(8-7-14)11-9-10(12)3-4-13-11/h3-4,9H,2,5-8H2,1H3. The molecule has 0 aromatic carbocycles. The van der Waals surface area contributed by atoms with Gasteiger partial charge in [-0.15, -0.1) is 0 Å². The Labute approximate surface area is 99.2 Å². The fraction of sp³-hybridized carbons (Fsp3) is 0.545. The molecule has 2 heterocycles. The third-order valence-electron chi connectivity index (χ3n) is 2.75. The van der Waals surface area contributed by atoms with E-state index in [4.69, 9.17) is 0 Å². The molecule has 0 amide bonds. The molecule has 0 atom stereocenters. The maximum absolute atomic E-state index is 4.41. The first kappa shape index (κ1) is 10.9. The summed E-state index contributed by atoms with van der Waals surface area (Å²) in [5.74, 6) is 1.08. The fourth-order valence-corrected chi connectivity index (χ4v) is 2.17. The molecular weight excluding hydrogens is 254 g/mol. The molecule has 0 spiro atoms. The predicted octanol–water partition coefficient (Wildman–Crippen LogP) is 1.99. The van der Waals surface area contributed by atoms with Gasteiger partial charge in [0.1, 0.15) is 5.82 Å². The topological polar surface area (TPSA) is 19.4 Å². The van der Waals surface area contributed by atoms with Gasteiger partial charge in [-0.2, -0.15) is 0 Å². The van der Waals surface area contributed by atoms with Crippen LogP contribution in [-0.4, -0.2) is 43.1 Å².